The number of rotatable bonds is 1. The van der Waals surface area contributed by atoms with Gasteiger partial charge in [0.25, 0.3) is 0 Å². The van der Waals surface area contributed by atoms with E-state index in [2.05, 4.69) is 0 Å². The number of esters is 1. The molecule has 106 valence electrons. The Labute approximate surface area is 115 Å². The van der Waals surface area contributed by atoms with Crippen LogP contribution in [0.1, 0.15) is 58.3 Å². The Hall–Kier alpha value is -0.830. The van der Waals surface area contributed by atoms with Gasteiger partial charge in [0.15, 0.2) is 0 Å². The molecule has 0 aromatic heterocycles. The highest BCUT2D eigenvalue weighted by Crippen LogP contribution is 2.56. The molecule has 0 amide bonds. The van der Waals surface area contributed by atoms with E-state index in [0.717, 1.165) is 32.1 Å². The molecule has 3 fully saturated rings. The van der Waals surface area contributed by atoms with Gasteiger partial charge in [-0.1, -0.05) is 17.6 Å². The van der Waals surface area contributed by atoms with E-state index in [9.17, 15) is 4.79 Å². The first-order valence-corrected chi connectivity index (χ1v) is 7.61. The predicted molar refractivity (Wildman–Crippen MR) is 74.5 cm³/mol. The lowest BCUT2D eigenvalue weighted by molar-refractivity contribution is -0.161. The first kappa shape index (κ1) is 13.2. The van der Waals surface area contributed by atoms with E-state index in [1.807, 2.05) is 6.92 Å². The van der Waals surface area contributed by atoms with Gasteiger partial charge >= 0.3 is 5.97 Å². The normalized spacial score (nSPS) is 41.7. The van der Waals surface area contributed by atoms with Gasteiger partial charge in [-0.25, -0.2) is 0 Å². The average Bonchev–Trinajstić information content (AvgIpc) is 3.23. The van der Waals surface area contributed by atoms with E-state index in [-0.39, 0.29) is 11.5 Å². The minimum Gasteiger partial charge on any atom is -0.469 e. The molecule has 3 aliphatic carbocycles. The van der Waals surface area contributed by atoms with Crippen LogP contribution in [0, 0.1) is 11.3 Å². The van der Waals surface area contributed by atoms with E-state index < -0.39 is 5.41 Å². The Morgan fingerprint density at radius 3 is 2.63 bits per heavy atom. The first-order chi connectivity index (χ1) is 9.03. The van der Waals surface area contributed by atoms with Crippen molar-refractivity contribution in [2.75, 3.05) is 7.11 Å². The summed E-state index contributed by atoms with van der Waals surface area (Å²) in [5.41, 5.74) is 9.18. The van der Waals surface area contributed by atoms with Crippen molar-refractivity contribution in [3.63, 3.8) is 0 Å². The van der Waals surface area contributed by atoms with Crippen molar-refractivity contribution in [2.45, 2.75) is 63.8 Å². The Morgan fingerprint density at radius 2 is 2.00 bits per heavy atom. The van der Waals surface area contributed by atoms with E-state index in [1.54, 1.807) is 11.1 Å². The maximum absolute atomic E-state index is 12.3. The summed E-state index contributed by atoms with van der Waals surface area (Å²) in [5.74, 6) is 0.304. The fourth-order valence-electron chi connectivity index (χ4n) is 4.54. The minimum absolute atomic E-state index is 0.109. The molecule has 19 heavy (non-hydrogen) atoms. The third-order valence-electron chi connectivity index (χ3n) is 5.87. The molecule has 0 aromatic carbocycles. The van der Waals surface area contributed by atoms with Crippen LogP contribution in [0.4, 0.5) is 0 Å². The molecule has 3 rings (SSSR count). The van der Waals surface area contributed by atoms with Crippen LogP contribution in [0.15, 0.2) is 11.1 Å². The zero-order valence-corrected chi connectivity index (χ0v) is 12.1. The molecule has 0 spiro atoms. The molecule has 2 unspecified atom stereocenters. The summed E-state index contributed by atoms with van der Waals surface area (Å²) in [6, 6.07) is 0. The highest BCUT2D eigenvalue weighted by Gasteiger charge is 2.59. The minimum atomic E-state index is -0.508. The van der Waals surface area contributed by atoms with Gasteiger partial charge in [0.05, 0.1) is 12.5 Å². The SMILES string of the molecule is COC(=O)[C@]1(C)CCCC2C(=C3CC3)CCCC21N. The zero-order chi connectivity index (χ0) is 13.7. The number of nitrogens with two attached hydrogens (primary N) is 1. The molecular formula is C16H25NO2. The zero-order valence-electron chi connectivity index (χ0n) is 12.1. The highest BCUT2D eigenvalue weighted by molar-refractivity contribution is 5.78. The first-order valence-electron chi connectivity index (χ1n) is 7.61. The van der Waals surface area contributed by atoms with Crippen LogP contribution in [0.2, 0.25) is 0 Å². The molecule has 3 heteroatoms. The van der Waals surface area contributed by atoms with E-state index in [4.69, 9.17) is 10.5 Å². The fourth-order valence-corrected chi connectivity index (χ4v) is 4.54. The average molecular weight is 263 g/mol. The molecule has 0 radical (unpaired) electrons. The highest BCUT2D eigenvalue weighted by atomic mass is 16.5. The molecule has 0 bridgehead atoms. The van der Waals surface area contributed by atoms with E-state index in [0.29, 0.717) is 5.92 Å². The van der Waals surface area contributed by atoms with Crippen molar-refractivity contribution < 1.29 is 9.53 Å². The van der Waals surface area contributed by atoms with E-state index in [1.165, 1.54) is 26.4 Å². The van der Waals surface area contributed by atoms with Crippen molar-refractivity contribution in [2.24, 2.45) is 17.1 Å². The number of fused-ring (bicyclic) bond motifs is 1. The number of allylic oxidation sites excluding steroid dienone is 1. The monoisotopic (exact) mass is 263 g/mol. The van der Waals surface area contributed by atoms with Crippen LogP contribution in [0.3, 0.4) is 0 Å². The predicted octanol–water partition coefficient (Wildman–Crippen LogP) is 2.94. The lowest BCUT2D eigenvalue weighted by Crippen LogP contribution is -2.65. The summed E-state index contributed by atoms with van der Waals surface area (Å²) >= 11 is 0. The third-order valence-corrected chi connectivity index (χ3v) is 5.87. The second kappa shape index (κ2) is 4.34. The third kappa shape index (κ3) is 1.78. The van der Waals surface area contributed by atoms with Gasteiger partial charge < -0.3 is 10.5 Å². The van der Waals surface area contributed by atoms with Crippen LogP contribution in [0.25, 0.3) is 0 Å². The van der Waals surface area contributed by atoms with Crippen molar-refractivity contribution in [3.05, 3.63) is 11.1 Å². The van der Waals surface area contributed by atoms with Gasteiger partial charge in [-0.05, 0) is 57.8 Å². The van der Waals surface area contributed by atoms with Crippen LogP contribution < -0.4 is 5.73 Å². The Kier molecular flexibility index (Phi) is 3.01. The van der Waals surface area contributed by atoms with Gasteiger partial charge in [0, 0.05) is 5.54 Å². The number of carbonyl (C=O) groups excluding carboxylic acids is 1. The van der Waals surface area contributed by atoms with Crippen molar-refractivity contribution in [1.29, 1.82) is 0 Å². The fraction of sp³-hybridized carbons (Fsp3) is 0.812. The number of methoxy groups -OCH3 is 1. The van der Waals surface area contributed by atoms with Crippen molar-refractivity contribution in [1.82, 2.24) is 0 Å². The lowest BCUT2D eigenvalue weighted by Gasteiger charge is -2.55. The molecule has 0 heterocycles. The number of hydrogen-bond acceptors (Lipinski definition) is 3. The van der Waals surface area contributed by atoms with E-state index >= 15 is 0 Å². The molecule has 0 aromatic rings. The molecular weight excluding hydrogens is 238 g/mol. The van der Waals surface area contributed by atoms with Gasteiger partial charge in [0.1, 0.15) is 0 Å². The second-order valence-electron chi connectivity index (χ2n) is 6.79. The van der Waals surface area contributed by atoms with Crippen LogP contribution in [-0.4, -0.2) is 18.6 Å². The van der Waals surface area contributed by atoms with Crippen LogP contribution >= 0.6 is 0 Å². The Morgan fingerprint density at radius 1 is 1.26 bits per heavy atom. The van der Waals surface area contributed by atoms with Crippen LogP contribution in [-0.2, 0) is 9.53 Å². The molecule has 0 aliphatic heterocycles. The Bertz CT molecular complexity index is 436. The number of ether oxygens (including phenoxy) is 1. The van der Waals surface area contributed by atoms with Gasteiger partial charge in [-0.2, -0.15) is 0 Å². The molecule has 0 saturated heterocycles. The van der Waals surface area contributed by atoms with Gasteiger partial charge in [-0.15, -0.1) is 0 Å². The van der Waals surface area contributed by atoms with Crippen LogP contribution in [0.5, 0.6) is 0 Å². The smallest absolute Gasteiger partial charge is 0.313 e. The molecule has 3 saturated carbocycles. The van der Waals surface area contributed by atoms with Gasteiger partial charge in [0.2, 0.25) is 0 Å². The van der Waals surface area contributed by atoms with Crippen molar-refractivity contribution >= 4 is 5.97 Å². The second-order valence-corrected chi connectivity index (χ2v) is 6.79. The number of hydrogen-bond donors (Lipinski definition) is 1. The topological polar surface area (TPSA) is 52.3 Å². The largest absolute Gasteiger partial charge is 0.469 e. The Balaban J connectivity index is 2.01. The lowest BCUT2D eigenvalue weighted by atomic mass is 9.52. The molecule has 3 atom stereocenters. The quantitative estimate of drug-likeness (QED) is 0.584. The summed E-state index contributed by atoms with van der Waals surface area (Å²) in [6.45, 7) is 2.03. The maximum atomic E-state index is 12.3. The molecule has 2 N–H and O–H groups in total. The summed E-state index contributed by atoms with van der Waals surface area (Å²) in [7, 11) is 1.49. The van der Waals surface area contributed by atoms with Gasteiger partial charge in [-0.3, -0.25) is 4.79 Å². The molecule has 3 aliphatic rings. The summed E-state index contributed by atoms with van der Waals surface area (Å²) in [4.78, 5) is 12.3. The maximum Gasteiger partial charge on any atom is 0.313 e. The summed E-state index contributed by atoms with van der Waals surface area (Å²) in [6.07, 6.45) is 8.92. The summed E-state index contributed by atoms with van der Waals surface area (Å²) < 4.78 is 5.08. The summed E-state index contributed by atoms with van der Waals surface area (Å²) in [5, 5.41) is 0. The van der Waals surface area contributed by atoms with Crippen molar-refractivity contribution in [3.8, 4) is 0 Å². The number of carbonyl (C=O) groups is 1. The standard InChI is InChI=1S/C16H25NO2/c1-15(14(18)19-2)9-4-6-13-12(11-7-8-11)5-3-10-16(13,15)17/h13H,3-10,17H2,1-2H3/t13?,15-,16?/m0/s1. The molecule has 3 nitrogen and oxygen atoms in total.